The fourth-order valence-electron chi connectivity index (χ4n) is 3.55. The Morgan fingerprint density at radius 1 is 1.00 bits per heavy atom. The van der Waals surface area contributed by atoms with Gasteiger partial charge in [0.25, 0.3) is 11.8 Å². The van der Waals surface area contributed by atoms with Crippen LogP contribution in [0.1, 0.15) is 16.8 Å². The smallest absolute Gasteiger partial charge is 0.269 e. The molecule has 10 heteroatoms. The molecule has 0 radical (unpaired) electrons. The summed E-state index contributed by atoms with van der Waals surface area (Å²) in [5, 5.41) is 4.10. The summed E-state index contributed by atoms with van der Waals surface area (Å²) in [5.74, 6) is -0.667. The lowest BCUT2D eigenvalue weighted by atomic mass is 10.1. The third kappa shape index (κ3) is 5.50. The maximum atomic E-state index is 13.5. The molecule has 0 aliphatic carbocycles. The number of nitrogens with one attached hydrogen (secondary N) is 2. The van der Waals surface area contributed by atoms with Gasteiger partial charge in [-0.05, 0) is 72.9 Å². The van der Waals surface area contributed by atoms with Gasteiger partial charge in [-0.25, -0.2) is 5.01 Å². The number of hydrazine groups is 1. The van der Waals surface area contributed by atoms with Crippen LogP contribution >= 0.6 is 28.1 Å². The normalized spacial score (nSPS) is 15.2. The van der Waals surface area contributed by atoms with Crippen LogP contribution in [0.3, 0.4) is 0 Å². The second-order valence-corrected chi connectivity index (χ2v) is 8.89. The summed E-state index contributed by atoms with van der Waals surface area (Å²) in [6.45, 7) is 0. The van der Waals surface area contributed by atoms with Crippen LogP contribution in [-0.2, 0) is 9.59 Å². The molecule has 1 fully saturated rings. The van der Waals surface area contributed by atoms with Gasteiger partial charge in [0.15, 0.2) is 0 Å². The maximum absolute atomic E-state index is 13.5. The highest BCUT2D eigenvalue weighted by Gasteiger charge is 2.45. The van der Waals surface area contributed by atoms with E-state index in [1.165, 1.54) is 9.91 Å². The Labute approximate surface area is 216 Å². The fourth-order valence-corrected chi connectivity index (χ4v) is 4.19. The summed E-state index contributed by atoms with van der Waals surface area (Å²) in [4.78, 5) is 40.5. The van der Waals surface area contributed by atoms with E-state index >= 15 is 0 Å². The molecular formula is C25H21BrN4O4S. The number of carbonyl (C=O) groups is 3. The Hall–Kier alpha value is -3.76. The van der Waals surface area contributed by atoms with Gasteiger partial charge in [0.05, 0.1) is 19.2 Å². The van der Waals surface area contributed by atoms with Crippen LogP contribution in [0.2, 0.25) is 0 Å². The van der Waals surface area contributed by atoms with Crippen molar-refractivity contribution in [3.05, 3.63) is 88.9 Å². The zero-order valence-corrected chi connectivity index (χ0v) is 21.0. The summed E-state index contributed by atoms with van der Waals surface area (Å²) in [7, 11) is 1.54. The highest BCUT2D eigenvalue weighted by atomic mass is 79.9. The predicted molar refractivity (Wildman–Crippen MR) is 140 cm³/mol. The number of benzene rings is 3. The van der Waals surface area contributed by atoms with Crippen LogP contribution < -0.4 is 20.4 Å². The number of rotatable bonds is 7. The van der Waals surface area contributed by atoms with Gasteiger partial charge in [-0.15, -0.1) is 0 Å². The van der Waals surface area contributed by atoms with Crippen LogP contribution in [0.4, 0.5) is 11.4 Å². The second-order valence-electron chi connectivity index (χ2n) is 7.61. The van der Waals surface area contributed by atoms with E-state index in [0.29, 0.717) is 22.7 Å². The van der Waals surface area contributed by atoms with E-state index in [0.717, 1.165) is 4.47 Å². The summed E-state index contributed by atoms with van der Waals surface area (Å²) in [5.41, 5.74) is 4.18. The van der Waals surface area contributed by atoms with Crippen molar-refractivity contribution in [3.8, 4) is 5.75 Å². The van der Waals surface area contributed by atoms with E-state index in [9.17, 15) is 14.4 Å². The lowest BCUT2D eigenvalue weighted by Crippen LogP contribution is -2.49. The first-order valence-electron chi connectivity index (χ1n) is 10.6. The summed E-state index contributed by atoms with van der Waals surface area (Å²) >= 11 is 8.92. The number of hydrogen-bond donors (Lipinski definition) is 2. The molecule has 178 valence electrons. The molecule has 1 aliphatic heterocycles. The SMILES string of the molecule is COc1ccc(N2C(=O)C(CC(=O)Nc3ccccc3)N(NC(=O)c3ccc(Br)cc3)C2=S)cc1. The first kappa shape index (κ1) is 24.4. The standard InChI is InChI=1S/C25H21BrN4O4S/c1-34-20-13-11-19(12-14-20)29-24(33)21(15-22(31)27-18-5-3-2-4-6-18)30(25(29)35)28-23(32)16-7-9-17(26)10-8-16/h2-14,21H,15H2,1H3,(H,27,31)(H,28,32). The van der Waals surface area contributed by atoms with Gasteiger partial charge in [0, 0.05) is 15.7 Å². The zero-order chi connectivity index (χ0) is 24.9. The average molecular weight is 553 g/mol. The van der Waals surface area contributed by atoms with Gasteiger partial charge in [-0.2, -0.15) is 0 Å². The molecule has 8 nitrogen and oxygen atoms in total. The van der Waals surface area contributed by atoms with Crippen LogP contribution in [-0.4, -0.2) is 41.0 Å². The lowest BCUT2D eigenvalue weighted by molar-refractivity contribution is -0.124. The molecule has 1 saturated heterocycles. The monoisotopic (exact) mass is 552 g/mol. The van der Waals surface area contributed by atoms with Crippen LogP contribution in [0.15, 0.2) is 83.3 Å². The minimum atomic E-state index is -1.03. The number of para-hydroxylation sites is 1. The molecule has 3 aromatic carbocycles. The Kier molecular flexibility index (Phi) is 7.42. The molecule has 0 bridgehead atoms. The molecule has 2 N–H and O–H groups in total. The molecule has 1 heterocycles. The Balaban J connectivity index is 1.60. The molecule has 3 aromatic rings. The van der Waals surface area contributed by atoms with Gasteiger partial charge in [0.2, 0.25) is 11.0 Å². The predicted octanol–water partition coefficient (Wildman–Crippen LogP) is 4.13. The third-order valence-corrected chi connectivity index (χ3v) is 6.22. The third-order valence-electron chi connectivity index (χ3n) is 5.31. The lowest BCUT2D eigenvalue weighted by Gasteiger charge is -2.24. The van der Waals surface area contributed by atoms with Crippen LogP contribution in [0, 0.1) is 0 Å². The van der Waals surface area contributed by atoms with Crippen molar-refractivity contribution in [1.29, 1.82) is 0 Å². The highest BCUT2D eigenvalue weighted by molar-refractivity contribution is 9.10. The largest absolute Gasteiger partial charge is 0.497 e. The molecule has 1 atom stereocenters. The number of nitrogens with zero attached hydrogens (tertiary/aromatic N) is 2. The van der Waals surface area contributed by atoms with E-state index in [4.69, 9.17) is 17.0 Å². The molecule has 3 amide bonds. The van der Waals surface area contributed by atoms with Gasteiger partial charge in [-0.3, -0.25) is 24.7 Å². The van der Waals surface area contributed by atoms with Crippen molar-refractivity contribution in [1.82, 2.24) is 10.4 Å². The van der Waals surface area contributed by atoms with Crippen LogP contribution in [0.25, 0.3) is 0 Å². The summed E-state index contributed by atoms with van der Waals surface area (Å²) in [6, 6.07) is 21.4. The van der Waals surface area contributed by atoms with Crippen molar-refractivity contribution in [2.45, 2.75) is 12.5 Å². The van der Waals surface area contributed by atoms with E-state index in [1.54, 1.807) is 79.9 Å². The quantitative estimate of drug-likeness (QED) is 0.428. The Morgan fingerprint density at radius 3 is 2.29 bits per heavy atom. The molecule has 0 spiro atoms. The van der Waals surface area contributed by atoms with Crippen molar-refractivity contribution in [2.24, 2.45) is 0 Å². The molecule has 0 aromatic heterocycles. The molecule has 1 aliphatic rings. The van der Waals surface area contributed by atoms with Gasteiger partial charge < -0.3 is 10.1 Å². The van der Waals surface area contributed by atoms with E-state index in [2.05, 4.69) is 26.7 Å². The zero-order valence-electron chi connectivity index (χ0n) is 18.6. The highest BCUT2D eigenvalue weighted by Crippen LogP contribution is 2.28. The van der Waals surface area contributed by atoms with E-state index in [-0.39, 0.29) is 11.5 Å². The van der Waals surface area contributed by atoms with Gasteiger partial charge >= 0.3 is 0 Å². The summed E-state index contributed by atoms with van der Waals surface area (Å²) < 4.78 is 6.01. The molecular weight excluding hydrogens is 532 g/mol. The van der Waals surface area contributed by atoms with Crippen molar-refractivity contribution < 1.29 is 19.1 Å². The molecule has 4 rings (SSSR count). The second kappa shape index (κ2) is 10.7. The first-order valence-corrected chi connectivity index (χ1v) is 11.8. The van der Waals surface area contributed by atoms with E-state index < -0.39 is 23.8 Å². The number of anilines is 2. The minimum Gasteiger partial charge on any atom is -0.497 e. The van der Waals surface area contributed by atoms with Crippen molar-refractivity contribution in [2.75, 3.05) is 17.3 Å². The number of hydrogen-bond acceptors (Lipinski definition) is 5. The molecule has 1 unspecified atom stereocenters. The fraction of sp³-hybridized carbons (Fsp3) is 0.120. The summed E-state index contributed by atoms with van der Waals surface area (Å²) in [6.07, 6.45) is -0.221. The maximum Gasteiger partial charge on any atom is 0.269 e. The van der Waals surface area contributed by atoms with Crippen molar-refractivity contribution >= 4 is 62.4 Å². The van der Waals surface area contributed by atoms with E-state index in [1.807, 2.05) is 6.07 Å². The van der Waals surface area contributed by atoms with Crippen molar-refractivity contribution in [3.63, 3.8) is 0 Å². The molecule has 0 saturated carbocycles. The minimum absolute atomic E-state index is 0.0585. The number of ether oxygens (including phenoxy) is 1. The number of amides is 3. The first-order chi connectivity index (χ1) is 16.9. The number of methoxy groups -OCH3 is 1. The Morgan fingerprint density at radius 2 is 1.66 bits per heavy atom. The topological polar surface area (TPSA) is 91.0 Å². The van der Waals surface area contributed by atoms with Gasteiger partial charge in [0.1, 0.15) is 11.8 Å². The Bertz CT molecular complexity index is 1250. The van der Waals surface area contributed by atoms with Crippen LogP contribution in [0.5, 0.6) is 5.75 Å². The number of thiocarbonyl (C=S) groups is 1. The molecule has 35 heavy (non-hydrogen) atoms. The number of halogens is 1. The average Bonchev–Trinajstić information content (AvgIpc) is 3.09. The van der Waals surface area contributed by atoms with Gasteiger partial charge in [-0.1, -0.05) is 34.1 Å². The number of carbonyl (C=O) groups excluding carboxylic acids is 3.